The van der Waals surface area contributed by atoms with E-state index < -0.39 is 0 Å². The Morgan fingerprint density at radius 3 is 2.33 bits per heavy atom. The van der Waals surface area contributed by atoms with Gasteiger partial charge in [0.05, 0.1) is 11.7 Å². The SMILES string of the molecule is Fc1ccc(CN2CCC(n3cc(Cc4ccc(Br)cc4)nn3)CC2)cc1. The Bertz CT molecular complexity index is 868. The molecule has 6 heteroatoms. The molecule has 0 spiro atoms. The first kappa shape index (κ1) is 18.3. The number of hydrogen-bond donors (Lipinski definition) is 0. The first-order valence-electron chi connectivity index (χ1n) is 9.28. The molecule has 1 saturated heterocycles. The number of piperidine rings is 1. The molecule has 1 fully saturated rings. The molecule has 1 aromatic heterocycles. The predicted molar refractivity (Wildman–Crippen MR) is 107 cm³/mol. The molecule has 2 heterocycles. The number of halogens is 2. The number of likely N-dealkylation sites (tertiary alicyclic amines) is 1. The van der Waals surface area contributed by atoms with Crippen molar-refractivity contribution >= 4 is 15.9 Å². The molecule has 27 heavy (non-hydrogen) atoms. The fraction of sp³-hybridized carbons (Fsp3) is 0.333. The summed E-state index contributed by atoms with van der Waals surface area (Å²) in [7, 11) is 0. The maximum atomic E-state index is 13.0. The van der Waals surface area contributed by atoms with Crippen molar-refractivity contribution in [2.45, 2.75) is 31.8 Å². The second-order valence-electron chi connectivity index (χ2n) is 7.13. The minimum absolute atomic E-state index is 0.178. The van der Waals surface area contributed by atoms with E-state index in [4.69, 9.17) is 0 Å². The topological polar surface area (TPSA) is 34.0 Å². The zero-order valence-corrected chi connectivity index (χ0v) is 16.6. The average Bonchev–Trinajstić information content (AvgIpc) is 3.15. The van der Waals surface area contributed by atoms with E-state index >= 15 is 0 Å². The van der Waals surface area contributed by atoms with Crippen LogP contribution in [0.2, 0.25) is 0 Å². The maximum Gasteiger partial charge on any atom is 0.123 e. The second-order valence-corrected chi connectivity index (χ2v) is 8.04. The number of rotatable bonds is 5. The molecule has 140 valence electrons. The highest BCUT2D eigenvalue weighted by molar-refractivity contribution is 9.10. The van der Waals surface area contributed by atoms with E-state index in [1.54, 1.807) is 0 Å². The minimum atomic E-state index is -0.178. The predicted octanol–water partition coefficient (Wildman–Crippen LogP) is 4.61. The third kappa shape index (κ3) is 4.82. The lowest BCUT2D eigenvalue weighted by Gasteiger charge is -2.31. The molecule has 0 saturated carbocycles. The smallest absolute Gasteiger partial charge is 0.123 e. The molecule has 4 nitrogen and oxygen atoms in total. The molecule has 4 rings (SSSR count). The van der Waals surface area contributed by atoms with Gasteiger partial charge in [-0.2, -0.15) is 0 Å². The Morgan fingerprint density at radius 1 is 0.963 bits per heavy atom. The van der Waals surface area contributed by atoms with Crippen LogP contribution in [0.5, 0.6) is 0 Å². The van der Waals surface area contributed by atoms with Gasteiger partial charge in [-0.25, -0.2) is 9.07 Å². The Kier molecular flexibility index (Phi) is 5.64. The highest BCUT2D eigenvalue weighted by atomic mass is 79.9. The van der Waals surface area contributed by atoms with Gasteiger partial charge in [0.15, 0.2) is 0 Å². The van der Waals surface area contributed by atoms with Crippen molar-refractivity contribution in [1.82, 2.24) is 19.9 Å². The third-order valence-electron chi connectivity index (χ3n) is 5.11. The number of nitrogens with zero attached hydrogens (tertiary/aromatic N) is 4. The van der Waals surface area contributed by atoms with Gasteiger partial charge in [0, 0.05) is 36.7 Å². The van der Waals surface area contributed by atoms with Crippen LogP contribution in [0.4, 0.5) is 4.39 Å². The lowest BCUT2D eigenvalue weighted by Crippen LogP contribution is -2.34. The molecule has 1 aliphatic rings. The Hall–Kier alpha value is -2.05. The van der Waals surface area contributed by atoms with Crippen LogP contribution in [0.25, 0.3) is 0 Å². The summed E-state index contributed by atoms with van der Waals surface area (Å²) in [4.78, 5) is 2.42. The van der Waals surface area contributed by atoms with Crippen molar-refractivity contribution in [2.75, 3.05) is 13.1 Å². The number of hydrogen-bond acceptors (Lipinski definition) is 3. The van der Waals surface area contributed by atoms with Crippen molar-refractivity contribution in [3.05, 3.63) is 81.8 Å². The first-order valence-corrected chi connectivity index (χ1v) is 10.1. The molecule has 3 aromatic rings. The monoisotopic (exact) mass is 428 g/mol. The maximum absolute atomic E-state index is 13.0. The summed E-state index contributed by atoms with van der Waals surface area (Å²) in [5.74, 6) is -0.178. The van der Waals surface area contributed by atoms with Crippen LogP contribution in [-0.2, 0) is 13.0 Å². The Labute approximate surface area is 167 Å². The zero-order valence-electron chi connectivity index (χ0n) is 15.1. The summed E-state index contributed by atoms with van der Waals surface area (Å²) in [6.07, 6.45) is 5.00. The molecule has 0 atom stereocenters. The van der Waals surface area contributed by atoms with Crippen molar-refractivity contribution in [2.24, 2.45) is 0 Å². The summed E-state index contributed by atoms with van der Waals surface area (Å²) in [5, 5.41) is 8.73. The van der Waals surface area contributed by atoms with Gasteiger partial charge in [-0.3, -0.25) is 4.90 Å². The van der Waals surface area contributed by atoms with Gasteiger partial charge < -0.3 is 0 Å². The zero-order chi connectivity index (χ0) is 18.6. The van der Waals surface area contributed by atoms with Crippen LogP contribution in [0.3, 0.4) is 0 Å². The lowest BCUT2D eigenvalue weighted by molar-refractivity contribution is 0.172. The molecule has 1 aliphatic heterocycles. The van der Waals surface area contributed by atoms with Crippen LogP contribution >= 0.6 is 15.9 Å². The van der Waals surface area contributed by atoms with Gasteiger partial charge in [0.2, 0.25) is 0 Å². The van der Waals surface area contributed by atoms with Gasteiger partial charge in [0.1, 0.15) is 5.82 Å². The van der Waals surface area contributed by atoms with Crippen molar-refractivity contribution < 1.29 is 4.39 Å². The molecule has 0 radical (unpaired) electrons. The van der Waals surface area contributed by atoms with Crippen LogP contribution < -0.4 is 0 Å². The van der Waals surface area contributed by atoms with E-state index in [0.29, 0.717) is 6.04 Å². The Morgan fingerprint density at radius 2 is 1.63 bits per heavy atom. The molecular formula is C21H22BrFN4. The van der Waals surface area contributed by atoms with E-state index in [0.717, 1.165) is 54.6 Å². The molecule has 0 aliphatic carbocycles. The molecule has 0 bridgehead atoms. The lowest BCUT2D eigenvalue weighted by atomic mass is 10.0. The molecule has 2 aromatic carbocycles. The van der Waals surface area contributed by atoms with Gasteiger partial charge in [-0.1, -0.05) is 45.4 Å². The van der Waals surface area contributed by atoms with Crippen molar-refractivity contribution in [3.63, 3.8) is 0 Å². The summed E-state index contributed by atoms with van der Waals surface area (Å²) < 4.78 is 16.1. The van der Waals surface area contributed by atoms with E-state index in [1.807, 2.05) is 16.8 Å². The van der Waals surface area contributed by atoms with Crippen LogP contribution in [0.1, 0.15) is 35.7 Å². The average molecular weight is 429 g/mol. The van der Waals surface area contributed by atoms with E-state index in [2.05, 4.69) is 61.6 Å². The fourth-order valence-electron chi connectivity index (χ4n) is 3.57. The molecule has 0 N–H and O–H groups in total. The summed E-state index contributed by atoms with van der Waals surface area (Å²) in [6, 6.07) is 15.5. The second kappa shape index (κ2) is 8.31. The van der Waals surface area contributed by atoms with Gasteiger partial charge in [-0.15, -0.1) is 5.10 Å². The molecular weight excluding hydrogens is 407 g/mol. The third-order valence-corrected chi connectivity index (χ3v) is 5.64. The largest absolute Gasteiger partial charge is 0.299 e. The highest BCUT2D eigenvalue weighted by Crippen LogP contribution is 2.23. The standard InChI is InChI=1S/C21H22BrFN4/c22-18-5-1-16(2-6-18)13-20-15-27(25-24-20)21-9-11-26(12-10-21)14-17-3-7-19(23)8-4-17/h1-8,15,21H,9-14H2. The van der Waals surface area contributed by atoms with E-state index in [1.165, 1.54) is 17.7 Å². The van der Waals surface area contributed by atoms with E-state index in [-0.39, 0.29) is 5.82 Å². The van der Waals surface area contributed by atoms with Gasteiger partial charge >= 0.3 is 0 Å². The van der Waals surface area contributed by atoms with Crippen LogP contribution in [-0.4, -0.2) is 33.0 Å². The molecule has 0 amide bonds. The minimum Gasteiger partial charge on any atom is -0.299 e. The normalized spacial score (nSPS) is 15.9. The fourth-order valence-corrected chi connectivity index (χ4v) is 3.84. The Balaban J connectivity index is 1.31. The number of aromatic nitrogens is 3. The van der Waals surface area contributed by atoms with Crippen molar-refractivity contribution in [1.29, 1.82) is 0 Å². The summed E-state index contributed by atoms with van der Waals surface area (Å²) in [6.45, 7) is 2.91. The quantitative estimate of drug-likeness (QED) is 0.594. The molecule has 0 unspecified atom stereocenters. The summed E-state index contributed by atoms with van der Waals surface area (Å²) >= 11 is 3.46. The van der Waals surface area contributed by atoms with Crippen LogP contribution in [0, 0.1) is 5.82 Å². The first-order chi connectivity index (χ1) is 13.2. The summed E-state index contributed by atoms with van der Waals surface area (Å²) in [5.41, 5.74) is 3.40. The highest BCUT2D eigenvalue weighted by Gasteiger charge is 2.21. The van der Waals surface area contributed by atoms with Crippen molar-refractivity contribution in [3.8, 4) is 0 Å². The van der Waals surface area contributed by atoms with Gasteiger partial charge in [0.25, 0.3) is 0 Å². The van der Waals surface area contributed by atoms with E-state index in [9.17, 15) is 4.39 Å². The number of benzene rings is 2. The van der Waals surface area contributed by atoms with Gasteiger partial charge in [-0.05, 0) is 48.2 Å². The van der Waals surface area contributed by atoms with Crippen LogP contribution in [0.15, 0.2) is 59.2 Å².